The van der Waals surface area contributed by atoms with Crippen molar-refractivity contribution < 1.29 is 24.3 Å². The number of oxime groups is 1. The van der Waals surface area contributed by atoms with Crippen LogP contribution in [0.15, 0.2) is 35.6 Å². The van der Waals surface area contributed by atoms with Gasteiger partial charge in [0.05, 0.1) is 19.2 Å². The van der Waals surface area contributed by atoms with Crippen molar-refractivity contribution in [3.8, 4) is 0 Å². The second-order valence-electron chi connectivity index (χ2n) is 10.7. The van der Waals surface area contributed by atoms with Crippen molar-refractivity contribution in [1.29, 1.82) is 0 Å². The van der Waals surface area contributed by atoms with Gasteiger partial charge in [-0.1, -0.05) is 69.3 Å². The normalized spacial score (nSPS) is 19.1. The average Bonchev–Trinajstić information content (AvgIpc) is 2.96. The summed E-state index contributed by atoms with van der Waals surface area (Å²) >= 11 is 0. The molecule has 1 fully saturated rings. The molecule has 1 aliphatic carbocycles. The highest BCUT2D eigenvalue weighted by Crippen LogP contribution is 2.28. The molecule has 2 heterocycles. The Kier molecular flexibility index (Phi) is 11.7. The van der Waals surface area contributed by atoms with Crippen LogP contribution in [0.2, 0.25) is 0 Å². The zero-order valence-electron chi connectivity index (χ0n) is 23.0. The van der Waals surface area contributed by atoms with E-state index in [1.54, 1.807) is 23.2 Å². The highest BCUT2D eigenvalue weighted by molar-refractivity contribution is 5.95. The van der Waals surface area contributed by atoms with Crippen LogP contribution in [-0.2, 0) is 25.7 Å². The quantitative estimate of drug-likeness (QED) is 0.0780. The number of amides is 2. The number of esters is 1. The first kappa shape index (κ1) is 30.1. The summed E-state index contributed by atoms with van der Waals surface area (Å²) in [7, 11) is 0. The molecule has 2 unspecified atom stereocenters. The van der Waals surface area contributed by atoms with E-state index in [4.69, 9.17) is 15.7 Å². The van der Waals surface area contributed by atoms with Crippen LogP contribution in [0.25, 0.3) is 0 Å². The lowest BCUT2D eigenvalue weighted by atomic mass is 9.84. The largest absolute Gasteiger partial charge is 0.464 e. The Hall–Kier alpha value is -3.47. The van der Waals surface area contributed by atoms with Gasteiger partial charge in [0.25, 0.3) is 0 Å². The summed E-state index contributed by atoms with van der Waals surface area (Å²) in [6, 6.07) is 2.10. The number of nitrogens with zero attached hydrogens (tertiary/aromatic N) is 3. The van der Waals surface area contributed by atoms with Crippen LogP contribution in [0, 0.1) is 11.8 Å². The van der Waals surface area contributed by atoms with E-state index in [9.17, 15) is 14.4 Å². The van der Waals surface area contributed by atoms with Crippen molar-refractivity contribution in [3.05, 3.63) is 41.7 Å². The highest BCUT2D eigenvalue weighted by atomic mass is 16.5. The summed E-state index contributed by atoms with van der Waals surface area (Å²) in [5, 5.41) is 17.8. The molecule has 2 atom stereocenters. The lowest BCUT2D eigenvalue weighted by Crippen LogP contribution is -2.56. The maximum atomic E-state index is 13.8. The molecule has 214 valence electrons. The molecule has 2 aliphatic rings. The molecule has 39 heavy (non-hydrogen) atoms. The molecule has 1 aliphatic heterocycles. The molecule has 2 amide bonds. The molecule has 11 nitrogen and oxygen atoms in total. The van der Waals surface area contributed by atoms with E-state index in [1.807, 2.05) is 26.0 Å². The topological polar surface area (TPSA) is 159 Å². The number of nitrogens with one attached hydrogen (secondary N) is 2. The van der Waals surface area contributed by atoms with Crippen LogP contribution in [0.4, 0.5) is 0 Å². The molecule has 5 N–H and O–H groups in total. The molecule has 0 saturated heterocycles. The summed E-state index contributed by atoms with van der Waals surface area (Å²) in [5.74, 6) is -0.287. The third-order valence-corrected chi connectivity index (χ3v) is 7.11. The Labute approximate surface area is 230 Å². The maximum absolute atomic E-state index is 13.8. The molecule has 1 aromatic rings. The third-order valence-electron chi connectivity index (χ3n) is 7.11. The van der Waals surface area contributed by atoms with Gasteiger partial charge in [-0.05, 0) is 36.3 Å². The number of ether oxygens (including phenoxy) is 1. The standard InChI is InChI=1S/C28H42N6O5/c1-19(2)18-39-25(35)17-31-23(14-20-8-4-3-5-9-20)28(37)34-13-7-6-10-24(34)27(36)32-16-21-11-12-22(30-15-21)26(29)33-38/h6-7,11-12,15,19-20,23-24,31,38H,3-5,8-10,13-14,16-18H2,1-2H3,(H2,29,33)(H,32,36). The molecular weight excluding hydrogens is 500 g/mol. The number of carbonyl (C=O) groups excluding carboxylic acids is 3. The first-order valence-corrected chi connectivity index (χ1v) is 13.8. The molecule has 0 bridgehead atoms. The molecule has 1 saturated carbocycles. The molecule has 0 spiro atoms. The van der Waals surface area contributed by atoms with Crippen LogP contribution >= 0.6 is 0 Å². The Bertz CT molecular complexity index is 1020. The van der Waals surface area contributed by atoms with E-state index >= 15 is 0 Å². The van der Waals surface area contributed by atoms with Crippen molar-refractivity contribution in [1.82, 2.24) is 20.5 Å². The number of hydrogen-bond donors (Lipinski definition) is 4. The Morgan fingerprint density at radius 2 is 1.97 bits per heavy atom. The van der Waals surface area contributed by atoms with Gasteiger partial charge in [0.1, 0.15) is 11.7 Å². The number of hydrogen-bond acceptors (Lipinski definition) is 8. The van der Waals surface area contributed by atoms with Gasteiger partial charge in [-0.25, -0.2) is 0 Å². The van der Waals surface area contributed by atoms with Gasteiger partial charge >= 0.3 is 5.97 Å². The number of rotatable bonds is 12. The van der Waals surface area contributed by atoms with Crippen LogP contribution in [0.3, 0.4) is 0 Å². The van der Waals surface area contributed by atoms with Gasteiger partial charge in [-0.2, -0.15) is 0 Å². The smallest absolute Gasteiger partial charge is 0.319 e. The molecule has 0 aromatic carbocycles. The van der Waals surface area contributed by atoms with E-state index < -0.39 is 12.1 Å². The van der Waals surface area contributed by atoms with E-state index in [1.165, 1.54) is 6.42 Å². The first-order chi connectivity index (χ1) is 18.8. The number of carbonyl (C=O) groups is 3. The van der Waals surface area contributed by atoms with Crippen molar-refractivity contribution in [2.75, 3.05) is 19.7 Å². The van der Waals surface area contributed by atoms with Gasteiger partial charge in [-0.3, -0.25) is 24.7 Å². The van der Waals surface area contributed by atoms with Crippen LogP contribution in [0.1, 0.15) is 70.1 Å². The molecular formula is C28H42N6O5. The lowest BCUT2D eigenvalue weighted by molar-refractivity contribution is -0.145. The number of nitrogens with two attached hydrogens (primary N) is 1. The van der Waals surface area contributed by atoms with Crippen LogP contribution < -0.4 is 16.4 Å². The zero-order chi connectivity index (χ0) is 28.2. The van der Waals surface area contributed by atoms with Crippen molar-refractivity contribution in [2.24, 2.45) is 22.7 Å². The number of amidine groups is 1. The summed E-state index contributed by atoms with van der Waals surface area (Å²) in [6.45, 7) is 4.77. The van der Waals surface area contributed by atoms with Gasteiger partial charge in [0.15, 0.2) is 5.84 Å². The molecule has 3 rings (SSSR count). The second kappa shape index (κ2) is 15.2. The van der Waals surface area contributed by atoms with Gasteiger partial charge in [0.2, 0.25) is 11.8 Å². The minimum absolute atomic E-state index is 0.0507. The number of pyridine rings is 1. The Morgan fingerprint density at radius 1 is 1.21 bits per heavy atom. The summed E-state index contributed by atoms with van der Waals surface area (Å²) in [4.78, 5) is 45.1. The van der Waals surface area contributed by atoms with E-state index in [0.717, 1.165) is 31.2 Å². The van der Waals surface area contributed by atoms with Crippen LogP contribution in [-0.4, -0.2) is 70.5 Å². The average molecular weight is 543 g/mol. The van der Waals surface area contributed by atoms with Crippen LogP contribution in [0.5, 0.6) is 0 Å². The van der Waals surface area contributed by atoms with E-state index in [0.29, 0.717) is 37.6 Å². The molecule has 1 aromatic heterocycles. The lowest BCUT2D eigenvalue weighted by Gasteiger charge is -2.36. The predicted molar refractivity (Wildman–Crippen MR) is 147 cm³/mol. The maximum Gasteiger partial charge on any atom is 0.319 e. The van der Waals surface area contributed by atoms with Gasteiger partial charge < -0.3 is 25.9 Å². The van der Waals surface area contributed by atoms with E-state index in [-0.39, 0.29) is 42.6 Å². The monoisotopic (exact) mass is 542 g/mol. The van der Waals surface area contributed by atoms with Crippen molar-refractivity contribution >= 4 is 23.6 Å². The summed E-state index contributed by atoms with van der Waals surface area (Å²) in [6.07, 6.45) is 12.0. The summed E-state index contributed by atoms with van der Waals surface area (Å²) < 4.78 is 5.30. The second-order valence-corrected chi connectivity index (χ2v) is 10.7. The summed E-state index contributed by atoms with van der Waals surface area (Å²) in [5.41, 5.74) is 6.61. The first-order valence-electron chi connectivity index (χ1n) is 13.8. The predicted octanol–water partition coefficient (Wildman–Crippen LogP) is 2.08. The fourth-order valence-electron chi connectivity index (χ4n) is 4.94. The minimum Gasteiger partial charge on any atom is -0.464 e. The van der Waals surface area contributed by atoms with Crippen molar-refractivity contribution in [3.63, 3.8) is 0 Å². The Morgan fingerprint density at radius 3 is 2.64 bits per heavy atom. The highest BCUT2D eigenvalue weighted by Gasteiger charge is 2.35. The SMILES string of the molecule is CC(C)COC(=O)CNC(CC1CCCCC1)C(=O)N1CC=CCC1C(=O)NCc1ccc(/C(N)=N/O)nc1. The molecule has 0 radical (unpaired) electrons. The van der Waals surface area contributed by atoms with Gasteiger partial charge in [-0.15, -0.1) is 0 Å². The molecule has 11 heteroatoms. The third kappa shape index (κ3) is 9.35. The Balaban J connectivity index is 1.65. The fraction of sp³-hybridized carbons (Fsp3) is 0.607. The van der Waals surface area contributed by atoms with E-state index in [2.05, 4.69) is 20.8 Å². The fourth-order valence-corrected chi connectivity index (χ4v) is 4.94. The number of aromatic nitrogens is 1. The van der Waals surface area contributed by atoms with Gasteiger partial charge in [0, 0.05) is 19.3 Å². The van der Waals surface area contributed by atoms with Crippen molar-refractivity contribution in [2.45, 2.75) is 77.4 Å². The zero-order valence-corrected chi connectivity index (χ0v) is 23.0. The minimum atomic E-state index is -0.657.